The molecule has 0 aliphatic carbocycles. The third-order valence-electron chi connectivity index (χ3n) is 2.92. The third kappa shape index (κ3) is 4.57. The zero-order valence-corrected chi connectivity index (χ0v) is 12.9. The van der Waals surface area contributed by atoms with E-state index in [2.05, 4.69) is 13.5 Å². The molecule has 0 aliphatic rings. The molecule has 0 aromatic heterocycles. The first-order valence-electron chi connectivity index (χ1n) is 5.97. The van der Waals surface area contributed by atoms with Crippen LogP contribution in [0, 0.1) is 52.6 Å². The predicted octanol–water partition coefficient (Wildman–Crippen LogP) is 2.88. The molecule has 20 heavy (non-hydrogen) atoms. The molecule has 0 heterocycles. The molecule has 0 fully saturated rings. The van der Waals surface area contributed by atoms with Crippen molar-refractivity contribution in [1.29, 1.82) is 15.8 Å². The second-order valence-corrected chi connectivity index (χ2v) is 9.97. The maximum atomic E-state index is 8.85. The first-order valence-corrected chi connectivity index (χ1v) is 10.2. The Morgan fingerprint density at radius 1 is 0.700 bits per heavy atom. The first kappa shape index (κ1) is 17.4. The second-order valence-electron chi connectivity index (χ2n) is 4.26. The van der Waals surface area contributed by atoms with Crippen LogP contribution in [0.4, 0.5) is 0 Å². The van der Waals surface area contributed by atoms with Gasteiger partial charge in [0, 0.05) is 0 Å². The molecule has 0 atom stereocenters. The third-order valence-corrected chi connectivity index (χ3v) is 7.27. The molecule has 6 nitrogen and oxygen atoms in total. The van der Waals surface area contributed by atoms with Crippen LogP contribution in [0.5, 0.6) is 0 Å². The molecule has 0 spiro atoms. The quantitative estimate of drug-likeness (QED) is 0.411. The Kier molecular flexibility index (Phi) is 7.36. The lowest BCUT2D eigenvalue weighted by Crippen LogP contribution is -2.29. The number of hydrogen-bond acceptors (Lipinski definition) is 3. The van der Waals surface area contributed by atoms with Crippen LogP contribution in [0.25, 0.3) is 13.5 Å². The van der Waals surface area contributed by atoms with E-state index in [0.717, 1.165) is 12.8 Å². The summed E-state index contributed by atoms with van der Waals surface area (Å²) in [6, 6.07) is 0.689. The van der Waals surface area contributed by atoms with Gasteiger partial charge in [0.15, 0.2) is 6.04 Å². The van der Waals surface area contributed by atoms with Gasteiger partial charge >= 0.3 is 16.6 Å². The smallest absolute Gasteiger partial charge is 0.267 e. The molecule has 0 radical (unpaired) electrons. The maximum absolute atomic E-state index is 8.85. The zero-order valence-electron chi connectivity index (χ0n) is 10.9. The molecule has 0 aromatic carbocycles. The SMILES string of the molecule is [C-]#[N+][Si](CCCCCC[Si](C#N)(C#N)C#N)([N+]#[C-])[N+]#[C-]. The Bertz CT molecular complexity index is 460. The average molecular weight is 296 g/mol. The van der Waals surface area contributed by atoms with Gasteiger partial charge in [-0.1, -0.05) is 19.3 Å². The molecule has 98 valence electrons. The number of rotatable bonds is 7. The summed E-state index contributed by atoms with van der Waals surface area (Å²) in [6.45, 7) is 20.8. The lowest BCUT2D eigenvalue weighted by atomic mass is 10.2. The highest BCUT2D eigenvalue weighted by Gasteiger charge is 2.76. The fourth-order valence-electron chi connectivity index (χ4n) is 1.59. The molecule has 0 N–H and O–H groups in total. The normalized spacial score (nSPS) is 9.90. The van der Waals surface area contributed by atoms with Crippen molar-refractivity contribution in [2.75, 3.05) is 0 Å². The van der Waals surface area contributed by atoms with Crippen molar-refractivity contribution in [2.24, 2.45) is 0 Å². The summed E-state index contributed by atoms with van der Waals surface area (Å²) in [5.74, 6) is 0. The van der Waals surface area contributed by atoms with Crippen LogP contribution in [0.1, 0.15) is 25.7 Å². The summed E-state index contributed by atoms with van der Waals surface area (Å²) in [4.78, 5) is 0. The fourth-order valence-corrected chi connectivity index (χ4v) is 4.07. The van der Waals surface area contributed by atoms with Gasteiger partial charge in [-0.3, -0.25) is 33.2 Å². The monoisotopic (exact) mass is 296 g/mol. The summed E-state index contributed by atoms with van der Waals surface area (Å²) < 4.78 is 9.63. The summed E-state index contributed by atoms with van der Waals surface area (Å²) >= 11 is 0. The summed E-state index contributed by atoms with van der Waals surface area (Å²) in [6.07, 6.45) is 2.77. The lowest BCUT2D eigenvalue weighted by molar-refractivity contribution is 0.695. The lowest BCUT2D eigenvalue weighted by Gasteiger charge is -2.04. The predicted molar refractivity (Wildman–Crippen MR) is 76.2 cm³/mol. The van der Waals surface area contributed by atoms with Gasteiger partial charge in [0.05, 0.1) is 17.1 Å². The van der Waals surface area contributed by atoms with E-state index in [-0.39, 0.29) is 0 Å². The van der Waals surface area contributed by atoms with Crippen molar-refractivity contribution in [1.82, 2.24) is 0 Å². The molecule has 0 aromatic rings. The zero-order chi connectivity index (χ0) is 15.5. The molecule has 0 aliphatic heterocycles. The van der Waals surface area contributed by atoms with Crippen molar-refractivity contribution < 1.29 is 0 Å². The standard InChI is InChI=1S/C12H12N6Si2/c1-16-20(17-2,18-3)9-7-5-4-6-8-19(10-13,11-14)12-15/h4-9H2. The van der Waals surface area contributed by atoms with Crippen molar-refractivity contribution in [2.45, 2.75) is 37.8 Å². The molecule has 0 unspecified atom stereocenters. The van der Waals surface area contributed by atoms with Crippen LogP contribution in [0.15, 0.2) is 0 Å². The maximum Gasteiger partial charge on any atom is 1.27 e. The van der Waals surface area contributed by atoms with Gasteiger partial charge in [-0.05, 0) is 12.5 Å². The van der Waals surface area contributed by atoms with Crippen molar-refractivity contribution in [3.8, 4) is 17.1 Å². The minimum atomic E-state index is -3.11. The number of nitriles is 3. The van der Waals surface area contributed by atoms with Crippen LogP contribution in [0.3, 0.4) is 0 Å². The Balaban J connectivity index is 4.11. The molecule has 0 amide bonds. The minimum absolute atomic E-state index is 0.341. The van der Waals surface area contributed by atoms with Crippen LogP contribution in [-0.4, -0.2) is 16.6 Å². The fraction of sp³-hybridized carbons (Fsp3) is 0.500. The van der Waals surface area contributed by atoms with E-state index < -0.39 is 16.6 Å². The van der Waals surface area contributed by atoms with E-state index in [9.17, 15) is 0 Å². The van der Waals surface area contributed by atoms with Gasteiger partial charge in [0.2, 0.25) is 0 Å². The highest BCUT2D eigenvalue weighted by Crippen LogP contribution is 2.21. The molecule has 0 saturated carbocycles. The van der Waals surface area contributed by atoms with Crippen molar-refractivity contribution in [3.63, 3.8) is 0 Å². The van der Waals surface area contributed by atoms with Crippen LogP contribution >= 0.6 is 0 Å². The van der Waals surface area contributed by atoms with E-state index in [4.69, 9.17) is 35.5 Å². The van der Waals surface area contributed by atoms with Gasteiger partial charge in [-0.2, -0.15) is 0 Å². The summed E-state index contributed by atoms with van der Waals surface area (Å²) in [7, 11) is -6.16. The Morgan fingerprint density at radius 2 is 1.10 bits per heavy atom. The molecule has 0 saturated heterocycles. The van der Waals surface area contributed by atoms with Gasteiger partial charge in [0.1, 0.15) is 0 Å². The Morgan fingerprint density at radius 3 is 1.45 bits per heavy atom. The van der Waals surface area contributed by atoms with Crippen LogP contribution in [-0.2, 0) is 0 Å². The Hall–Kier alpha value is -2.63. The summed E-state index contributed by atoms with van der Waals surface area (Å²) in [5, 5.41) is 26.6. The highest BCUT2D eigenvalue weighted by atomic mass is 28.4. The van der Waals surface area contributed by atoms with Crippen LogP contribution in [0.2, 0.25) is 12.1 Å². The average Bonchev–Trinajstić information content (AvgIpc) is 2.52. The second kappa shape index (κ2) is 8.47. The molecule has 0 rings (SSSR count). The molecule has 0 bridgehead atoms. The van der Waals surface area contributed by atoms with Crippen molar-refractivity contribution >= 4 is 16.6 Å². The van der Waals surface area contributed by atoms with Gasteiger partial charge in [-0.15, -0.1) is 0 Å². The van der Waals surface area contributed by atoms with E-state index in [1.54, 1.807) is 0 Å². The topological polar surface area (TPSA) is 84.4 Å². The van der Waals surface area contributed by atoms with E-state index in [1.807, 2.05) is 17.1 Å². The Labute approximate surface area is 121 Å². The largest absolute Gasteiger partial charge is 1.27 e. The first-order chi connectivity index (χ1) is 9.57. The van der Waals surface area contributed by atoms with E-state index in [0.29, 0.717) is 24.9 Å². The molecular weight excluding hydrogens is 284 g/mol. The molecule has 8 heteroatoms. The van der Waals surface area contributed by atoms with Gasteiger partial charge in [0.25, 0.3) is 0 Å². The minimum Gasteiger partial charge on any atom is -0.267 e. The van der Waals surface area contributed by atoms with Crippen LogP contribution < -0.4 is 0 Å². The van der Waals surface area contributed by atoms with E-state index in [1.165, 1.54) is 0 Å². The summed E-state index contributed by atoms with van der Waals surface area (Å²) in [5.41, 5.74) is 5.58. The van der Waals surface area contributed by atoms with E-state index >= 15 is 0 Å². The molecular formula is C12H12N6Si2. The number of nitrogens with zero attached hydrogens (tertiary/aromatic N) is 6. The number of unbranched alkanes of at least 4 members (excludes halogenated alkanes) is 3. The van der Waals surface area contributed by atoms with Crippen molar-refractivity contribution in [3.05, 3.63) is 33.2 Å². The van der Waals surface area contributed by atoms with Gasteiger partial charge < -0.3 is 0 Å². The number of hydrogen-bond donors (Lipinski definition) is 0. The highest BCUT2D eigenvalue weighted by molar-refractivity contribution is 6.99. The van der Waals surface area contributed by atoms with Gasteiger partial charge in [-0.25, -0.2) is 15.8 Å².